The Labute approximate surface area is 117 Å². The summed E-state index contributed by atoms with van der Waals surface area (Å²) in [5.74, 6) is 0. The van der Waals surface area contributed by atoms with Gasteiger partial charge in [0.2, 0.25) is 0 Å². The van der Waals surface area contributed by atoms with Gasteiger partial charge in [-0.25, -0.2) is 0 Å². The van der Waals surface area contributed by atoms with Gasteiger partial charge in [0, 0.05) is 32.6 Å². The van der Waals surface area contributed by atoms with E-state index in [1.54, 1.807) is 0 Å². The molecule has 1 aliphatic heterocycles. The fourth-order valence-corrected chi connectivity index (χ4v) is 1.47. The van der Waals surface area contributed by atoms with Gasteiger partial charge in [0.25, 0.3) is 0 Å². The molecule has 3 nitrogen and oxygen atoms in total. The molecule has 1 aromatic rings. The van der Waals surface area contributed by atoms with Gasteiger partial charge in [-0.15, -0.1) is 0 Å². The highest BCUT2D eigenvalue weighted by Crippen LogP contribution is 2.00. The monoisotopic (exact) mass is 264 g/mol. The predicted molar refractivity (Wildman–Crippen MR) is 82.5 cm³/mol. The molecule has 0 aromatic heterocycles. The standard InChI is InChI=1S/C9H10O.C4H10N2.C3H8/c10-8-4-7-9-5-2-1-3-6-9;1-2-6-4-3-5-1;1-3-2/h1-3,5-6,8H,4,7H2;5-6H,1-4H2;3H2,1-2H3. The van der Waals surface area contributed by atoms with E-state index in [0.29, 0.717) is 6.42 Å². The normalized spacial score (nSPS) is 13.4. The Morgan fingerprint density at radius 2 is 1.47 bits per heavy atom. The quantitative estimate of drug-likeness (QED) is 0.824. The summed E-state index contributed by atoms with van der Waals surface area (Å²) in [7, 11) is 0. The van der Waals surface area contributed by atoms with E-state index in [2.05, 4.69) is 24.5 Å². The van der Waals surface area contributed by atoms with Crippen molar-refractivity contribution >= 4 is 6.29 Å². The number of carbonyl (C=O) groups is 1. The SMILES string of the molecule is C1CNCCN1.CCC.O=CCCc1ccccc1. The Morgan fingerprint density at radius 1 is 1.00 bits per heavy atom. The molecular weight excluding hydrogens is 236 g/mol. The lowest BCUT2D eigenvalue weighted by Crippen LogP contribution is -2.39. The molecule has 2 rings (SSSR count). The number of aldehydes is 1. The molecule has 0 unspecified atom stereocenters. The summed E-state index contributed by atoms with van der Waals surface area (Å²) >= 11 is 0. The van der Waals surface area contributed by atoms with E-state index in [4.69, 9.17) is 0 Å². The van der Waals surface area contributed by atoms with Crippen LogP contribution in [0.4, 0.5) is 0 Å². The van der Waals surface area contributed by atoms with Gasteiger partial charge in [-0.3, -0.25) is 0 Å². The van der Waals surface area contributed by atoms with Gasteiger partial charge in [-0.2, -0.15) is 0 Å². The van der Waals surface area contributed by atoms with Crippen LogP contribution in [0.25, 0.3) is 0 Å². The van der Waals surface area contributed by atoms with Crippen molar-refractivity contribution < 1.29 is 4.79 Å². The summed E-state index contributed by atoms with van der Waals surface area (Å²) in [6, 6.07) is 10.0. The number of piperazine rings is 1. The molecule has 0 spiro atoms. The number of rotatable bonds is 3. The summed E-state index contributed by atoms with van der Waals surface area (Å²) in [5.41, 5.74) is 1.23. The maximum Gasteiger partial charge on any atom is 0.120 e. The van der Waals surface area contributed by atoms with Crippen molar-refractivity contribution in [2.75, 3.05) is 26.2 Å². The Bertz CT molecular complexity index is 273. The van der Waals surface area contributed by atoms with Crippen LogP contribution in [0.5, 0.6) is 0 Å². The van der Waals surface area contributed by atoms with Crippen LogP contribution in [-0.2, 0) is 11.2 Å². The van der Waals surface area contributed by atoms with E-state index in [1.807, 2.05) is 30.3 Å². The third-order valence-corrected chi connectivity index (χ3v) is 2.35. The Hall–Kier alpha value is -1.19. The zero-order valence-electron chi connectivity index (χ0n) is 12.3. The second-order valence-corrected chi connectivity index (χ2v) is 4.40. The molecule has 0 radical (unpaired) electrons. The molecule has 1 aromatic carbocycles. The number of benzene rings is 1. The largest absolute Gasteiger partial charge is 0.314 e. The molecule has 1 fully saturated rings. The van der Waals surface area contributed by atoms with Crippen molar-refractivity contribution in [2.24, 2.45) is 0 Å². The van der Waals surface area contributed by atoms with Crippen LogP contribution in [0, 0.1) is 0 Å². The van der Waals surface area contributed by atoms with Gasteiger partial charge in [0.05, 0.1) is 0 Å². The van der Waals surface area contributed by atoms with Crippen LogP contribution >= 0.6 is 0 Å². The van der Waals surface area contributed by atoms with Crippen LogP contribution in [0.15, 0.2) is 30.3 Å². The molecule has 19 heavy (non-hydrogen) atoms. The second-order valence-electron chi connectivity index (χ2n) is 4.40. The van der Waals surface area contributed by atoms with Crippen molar-refractivity contribution in [3.05, 3.63) is 35.9 Å². The highest BCUT2D eigenvalue weighted by atomic mass is 16.1. The maximum absolute atomic E-state index is 9.98. The van der Waals surface area contributed by atoms with E-state index >= 15 is 0 Å². The van der Waals surface area contributed by atoms with Gasteiger partial charge < -0.3 is 15.4 Å². The van der Waals surface area contributed by atoms with Crippen molar-refractivity contribution in [2.45, 2.75) is 33.1 Å². The summed E-state index contributed by atoms with van der Waals surface area (Å²) in [6.45, 7) is 8.81. The number of nitrogens with one attached hydrogen (secondary N) is 2. The number of aryl methyl sites for hydroxylation is 1. The van der Waals surface area contributed by atoms with Crippen molar-refractivity contribution in [1.29, 1.82) is 0 Å². The number of hydrogen-bond donors (Lipinski definition) is 2. The molecule has 0 bridgehead atoms. The molecule has 108 valence electrons. The lowest BCUT2D eigenvalue weighted by molar-refractivity contribution is -0.107. The highest BCUT2D eigenvalue weighted by molar-refractivity contribution is 5.49. The van der Waals surface area contributed by atoms with Crippen LogP contribution in [0.1, 0.15) is 32.3 Å². The third-order valence-electron chi connectivity index (χ3n) is 2.35. The predicted octanol–water partition coefficient (Wildman–Crippen LogP) is 2.41. The molecule has 3 heteroatoms. The van der Waals surface area contributed by atoms with Gasteiger partial charge in [0.1, 0.15) is 6.29 Å². The molecule has 2 N–H and O–H groups in total. The lowest BCUT2D eigenvalue weighted by atomic mass is 10.1. The Morgan fingerprint density at radius 3 is 1.84 bits per heavy atom. The van der Waals surface area contributed by atoms with E-state index < -0.39 is 0 Å². The molecule has 1 heterocycles. The maximum atomic E-state index is 9.98. The van der Waals surface area contributed by atoms with Crippen LogP contribution in [-0.4, -0.2) is 32.5 Å². The fourth-order valence-electron chi connectivity index (χ4n) is 1.47. The van der Waals surface area contributed by atoms with E-state index in [9.17, 15) is 4.79 Å². The summed E-state index contributed by atoms with van der Waals surface area (Å²) in [4.78, 5) is 9.98. The average molecular weight is 264 g/mol. The second kappa shape index (κ2) is 14.9. The Balaban J connectivity index is 0.000000306. The molecule has 0 saturated carbocycles. The highest BCUT2D eigenvalue weighted by Gasteiger charge is 1.91. The summed E-state index contributed by atoms with van der Waals surface area (Å²) in [5, 5.41) is 6.44. The smallest absolute Gasteiger partial charge is 0.120 e. The van der Waals surface area contributed by atoms with Gasteiger partial charge in [-0.05, 0) is 12.0 Å². The fraction of sp³-hybridized carbons (Fsp3) is 0.562. The van der Waals surface area contributed by atoms with Crippen molar-refractivity contribution in [1.82, 2.24) is 10.6 Å². The summed E-state index contributed by atoms with van der Waals surface area (Å²) < 4.78 is 0. The minimum Gasteiger partial charge on any atom is -0.314 e. The van der Waals surface area contributed by atoms with E-state index in [0.717, 1.165) is 38.9 Å². The van der Waals surface area contributed by atoms with Gasteiger partial charge in [0.15, 0.2) is 0 Å². The minimum absolute atomic E-state index is 0.629. The van der Waals surface area contributed by atoms with Gasteiger partial charge >= 0.3 is 0 Å². The first-order valence-corrected chi connectivity index (χ1v) is 7.24. The third kappa shape index (κ3) is 13.0. The van der Waals surface area contributed by atoms with E-state index in [-0.39, 0.29) is 0 Å². The number of carbonyl (C=O) groups excluding carboxylic acids is 1. The molecule has 1 aliphatic rings. The van der Waals surface area contributed by atoms with Crippen molar-refractivity contribution in [3.63, 3.8) is 0 Å². The summed E-state index contributed by atoms with van der Waals surface area (Å²) in [6.07, 6.45) is 3.70. The molecule has 0 amide bonds. The zero-order valence-corrected chi connectivity index (χ0v) is 12.3. The number of hydrogen-bond acceptors (Lipinski definition) is 3. The van der Waals surface area contributed by atoms with Crippen LogP contribution in [0.3, 0.4) is 0 Å². The topological polar surface area (TPSA) is 41.1 Å². The van der Waals surface area contributed by atoms with Crippen molar-refractivity contribution in [3.8, 4) is 0 Å². The molecule has 0 aliphatic carbocycles. The van der Waals surface area contributed by atoms with Crippen LogP contribution < -0.4 is 10.6 Å². The Kier molecular flexibility index (Phi) is 13.9. The first-order valence-electron chi connectivity index (χ1n) is 7.24. The average Bonchev–Trinajstić information content (AvgIpc) is 2.49. The minimum atomic E-state index is 0.629. The van der Waals surface area contributed by atoms with Crippen LogP contribution in [0.2, 0.25) is 0 Å². The molecule has 1 saturated heterocycles. The van der Waals surface area contributed by atoms with E-state index in [1.165, 1.54) is 12.0 Å². The molecule has 0 atom stereocenters. The first-order chi connectivity index (χ1) is 9.35. The zero-order chi connectivity index (χ0) is 14.2. The molecular formula is C16H28N2O. The lowest BCUT2D eigenvalue weighted by Gasteiger charge is -2.11. The first kappa shape index (κ1) is 17.8. The van der Waals surface area contributed by atoms with Gasteiger partial charge in [-0.1, -0.05) is 50.6 Å².